The van der Waals surface area contributed by atoms with E-state index in [1.807, 2.05) is 0 Å². The van der Waals surface area contributed by atoms with E-state index in [1.54, 1.807) is 13.0 Å². The summed E-state index contributed by atoms with van der Waals surface area (Å²) in [7, 11) is 0. The van der Waals surface area contributed by atoms with Crippen molar-refractivity contribution in [2.45, 2.75) is 6.92 Å². The maximum Gasteiger partial charge on any atom is 0.127 e. The quantitative estimate of drug-likeness (QED) is 0.372. The summed E-state index contributed by atoms with van der Waals surface area (Å²) >= 11 is 0. The van der Waals surface area contributed by atoms with Crippen molar-refractivity contribution in [2.75, 3.05) is 0 Å². The van der Waals surface area contributed by atoms with Crippen LogP contribution in [-0.4, -0.2) is 6.29 Å². The van der Waals surface area contributed by atoms with Gasteiger partial charge in [-0.3, -0.25) is 0 Å². The Morgan fingerprint density at radius 2 is 2.43 bits per heavy atom. The van der Waals surface area contributed by atoms with Gasteiger partial charge in [0.15, 0.2) is 0 Å². The molecule has 0 amide bonds. The third-order valence-corrected chi connectivity index (χ3v) is 0.595. The topological polar surface area (TPSA) is 17.1 Å². The molecule has 0 N–H and O–H groups in total. The first kappa shape index (κ1) is 6.19. The van der Waals surface area contributed by atoms with Gasteiger partial charge >= 0.3 is 0 Å². The number of aldehydes is 1. The number of carbonyl (C=O) groups excluding carboxylic acids is 1. The van der Waals surface area contributed by atoms with Crippen molar-refractivity contribution in [2.24, 2.45) is 5.92 Å². The average Bonchev–Trinajstić information content (AvgIpc) is 1.68. The van der Waals surface area contributed by atoms with E-state index in [1.165, 1.54) is 0 Å². The molecule has 0 aliphatic heterocycles. The van der Waals surface area contributed by atoms with E-state index in [0.29, 0.717) is 0 Å². The standard InChI is InChI=1S/C6H8O/c1-3-4-6(2)5-7/h4-6H,1H2,2H3/t6-/m0/s1. The van der Waals surface area contributed by atoms with Crippen LogP contribution >= 0.6 is 0 Å². The molecule has 0 aromatic rings. The smallest absolute Gasteiger partial charge is 0.127 e. The first-order valence-corrected chi connectivity index (χ1v) is 2.12. The molecule has 1 atom stereocenters. The molecule has 0 aliphatic rings. The van der Waals surface area contributed by atoms with Gasteiger partial charge in [-0.1, -0.05) is 13.5 Å². The largest absolute Gasteiger partial charge is 0.303 e. The third-order valence-electron chi connectivity index (χ3n) is 0.595. The van der Waals surface area contributed by atoms with Crippen molar-refractivity contribution >= 4 is 6.29 Å². The molecule has 0 fully saturated rings. The van der Waals surface area contributed by atoms with Gasteiger partial charge < -0.3 is 4.79 Å². The summed E-state index contributed by atoms with van der Waals surface area (Å²) in [5.41, 5.74) is 2.51. The van der Waals surface area contributed by atoms with Gasteiger partial charge in [0.1, 0.15) is 6.29 Å². The van der Waals surface area contributed by atoms with Crippen LogP contribution < -0.4 is 0 Å². The Morgan fingerprint density at radius 1 is 1.86 bits per heavy atom. The van der Waals surface area contributed by atoms with Crippen LogP contribution in [0.5, 0.6) is 0 Å². The van der Waals surface area contributed by atoms with E-state index in [-0.39, 0.29) is 5.92 Å². The van der Waals surface area contributed by atoms with Gasteiger partial charge in [-0.25, -0.2) is 0 Å². The van der Waals surface area contributed by atoms with Gasteiger partial charge in [-0.15, -0.1) is 5.73 Å². The van der Waals surface area contributed by atoms with Gasteiger partial charge in [0.05, 0.1) is 0 Å². The van der Waals surface area contributed by atoms with Gasteiger partial charge in [0.25, 0.3) is 0 Å². The van der Waals surface area contributed by atoms with Crippen LogP contribution in [0, 0.1) is 5.92 Å². The lowest BCUT2D eigenvalue weighted by atomic mass is 10.2. The van der Waals surface area contributed by atoms with Crippen molar-refractivity contribution in [3.8, 4) is 0 Å². The van der Waals surface area contributed by atoms with Crippen molar-refractivity contribution < 1.29 is 4.79 Å². The summed E-state index contributed by atoms with van der Waals surface area (Å²) in [6, 6.07) is 0. The Kier molecular flexibility index (Phi) is 2.99. The first-order chi connectivity index (χ1) is 3.31. The van der Waals surface area contributed by atoms with Gasteiger partial charge in [-0.2, -0.15) is 0 Å². The molecule has 1 heteroatoms. The molecular weight excluding hydrogens is 88.1 g/mol. The highest BCUT2D eigenvalue weighted by atomic mass is 16.1. The second-order valence-corrected chi connectivity index (χ2v) is 1.37. The summed E-state index contributed by atoms with van der Waals surface area (Å²) < 4.78 is 0. The predicted molar refractivity (Wildman–Crippen MR) is 28.9 cm³/mol. The molecule has 38 valence electrons. The molecule has 0 aliphatic carbocycles. The van der Waals surface area contributed by atoms with Crippen molar-refractivity contribution in [3.05, 3.63) is 18.4 Å². The zero-order valence-corrected chi connectivity index (χ0v) is 4.35. The normalized spacial score (nSPS) is 11.6. The highest BCUT2D eigenvalue weighted by Crippen LogP contribution is 1.86. The average molecular weight is 96.1 g/mol. The third kappa shape index (κ3) is 3.01. The molecule has 0 heterocycles. The minimum absolute atomic E-state index is 0.0301. The van der Waals surface area contributed by atoms with Crippen LogP contribution in [0.3, 0.4) is 0 Å². The van der Waals surface area contributed by atoms with E-state index in [4.69, 9.17) is 0 Å². The maximum absolute atomic E-state index is 9.80. The molecule has 7 heavy (non-hydrogen) atoms. The molecule has 1 nitrogen and oxygen atoms in total. The van der Waals surface area contributed by atoms with Gasteiger partial charge in [0, 0.05) is 5.92 Å². The Morgan fingerprint density at radius 3 is 2.57 bits per heavy atom. The van der Waals surface area contributed by atoms with Crippen LogP contribution in [-0.2, 0) is 4.79 Å². The van der Waals surface area contributed by atoms with E-state index in [9.17, 15) is 4.79 Å². The van der Waals surface area contributed by atoms with Crippen LogP contribution in [0.1, 0.15) is 6.92 Å². The van der Waals surface area contributed by atoms with Gasteiger partial charge in [-0.05, 0) is 6.08 Å². The lowest BCUT2D eigenvalue weighted by Crippen LogP contribution is -1.86. The van der Waals surface area contributed by atoms with Gasteiger partial charge in [0.2, 0.25) is 0 Å². The predicted octanol–water partition coefficient (Wildman–Crippen LogP) is 1.16. The zero-order chi connectivity index (χ0) is 5.70. The molecule has 0 aromatic carbocycles. The lowest BCUT2D eigenvalue weighted by molar-refractivity contribution is -0.109. The van der Waals surface area contributed by atoms with Crippen LogP contribution in [0.25, 0.3) is 0 Å². The lowest BCUT2D eigenvalue weighted by Gasteiger charge is -1.83. The van der Waals surface area contributed by atoms with Crippen LogP contribution in [0.2, 0.25) is 0 Å². The fourth-order valence-electron chi connectivity index (χ4n) is 0.225. The molecule has 0 saturated carbocycles. The highest BCUT2D eigenvalue weighted by Gasteiger charge is 1.86. The monoisotopic (exact) mass is 96.1 g/mol. The number of carbonyl (C=O) groups is 1. The van der Waals surface area contributed by atoms with E-state index >= 15 is 0 Å². The molecule has 0 saturated heterocycles. The van der Waals surface area contributed by atoms with E-state index in [2.05, 4.69) is 12.3 Å². The van der Waals surface area contributed by atoms with Crippen LogP contribution in [0.15, 0.2) is 18.4 Å². The molecule has 0 unspecified atom stereocenters. The summed E-state index contributed by atoms with van der Waals surface area (Å²) in [6.45, 7) is 5.09. The number of hydrogen-bond acceptors (Lipinski definition) is 1. The highest BCUT2D eigenvalue weighted by molar-refractivity contribution is 5.55. The Labute approximate surface area is 43.3 Å². The molecule has 0 bridgehead atoms. The summed E-state index contributed by atoms with van der Waals surface area (Å²) in [4.78, 5) is 9.80. The Hall–Kier alpha value is -0.810. The maximum atomic E-state index is 9.80. The minimum Gasteiger partial charge on any atom is -0.303 e. The molecular formula is C6H8O. The Bertz CT molecular complexity index is 98.7. The summed E-state index contributed by atoms with van der Waals surface area (Å²) in [5.74, 6) is -0.0301. The molecule has 0 rings (SSSR count). The molecule has 0 aromatic heterocycles. The van der Waals surface area contributed by atoms with Crippen LogP contribution in [0.4, 0.5) is 0 Å². The molecule has 0 radical (unpaired) electrons. The van der Waals surface area contributed by atoms with Crippen molar-refractivity contribution in [1.82, 2.24) is 0 Å². The van der Waals surface area contributed by atoms with Crippen molar-refractivity contribution in [3.63, 3.8) is 0 Å². The molecule has 0 spiro atoms. The van der Waals surface area contributed by atoms with Crippen molar-refractivity contribution in [1.29, 1.82) is 0 Å². The fourth-order valence-corrected chi connectivity index (χ4v) is 0.225. The number of hydrogen-bond donors (Lipinski definition) is 0. The fraction of sp³-hybridized carbons (Fsp3) is 0.333. The van der Waals surface area contributed by atoms with E-state index in [0.717, 1.165) is 6.29 Å². The summed E-state index contributed by atoms with van der Waals surface area (Å²) in [6.07, 6.45) is 2.46. The van der Waals surface area contributed by atoms with E-state index < -0.39 is 0 Å². The Balaban J connectivity index is 3.56. The summed E-state index contributed by atoms with van der Waals surface area (Å²) in [5, 5.41) is 0. The minimum atomic E-state index is -0.0301. The first-order valence-electron chi connectivity index (χ1n) is 2.12. The second kappa shape index (κ2) is 3.38. The second-order valence-electron chi connectivity index (χ2n) is 1.37. The number of rotatable bonds is 2. The zero-order valence-electron chi connectivity index (χ0n) is 4.35. The number of allylic oxidation sites excluding steroid dienone is 1. The SMILES string of the molecule is C=C=C[C@H](C)C=O.